The molecule has 13 heavy (non-hydrogen) atoms. The Bertz CT molecular complexity index is 321. The zero-order chi connectivity index (χ0) is 9.84. The normalized spacial score (nSPS) is 9.69. The van der Waals surface area contributed by atoms with Crippen LogP contribution >= 0.6 is 0 Å². The smallest absolute Gasteiger partial charge is 0.249 e. The summed E-state index contributed by atoms with van der Waals surface area (Å²) in [6.45, 7) is 4.31. The Kier molecular flexibility index (Phi) is 2.90. The lowest BCUT2D eigenvalue weighted by atomic mass is 10.1. The molecule has 0 radical (unpaired) electrons. The first-order valence-electron chi connectivity index (χ1n) is 4.19. The third-order valence-corrected chi connectivity index (χ3v) is 1.85. The highest BCUT2D eigenvalue weighted by Gasteiger charge is 2.08. The number of ether oxygens (including phenoxy) is 1. The second-order valence-corrected chi connectivity index (χ2v) is 2.73. The van der Waals surface area contributed by atoms with Gasteiger partial charge in [-0.1, -0.05) is 6.07 Å². The van der Waals surface area contributed by atoms with E-state index in [4.69, 9.17) is 10.5 Å². The number of amides is 1. The minimum absolute atomic E-state index is 0.418. The monoisotopic (exact) mass is 179 g/mol. The first-order chi connectivity index (χ1) is 6.16. The average Bonchev–Trinajstić information content (AvgIpc) is 2.08. The van der Waals surface area contributed by atoms with E-state index in [-0.39, 0.29) is 0 Å². The summed E-state index contributed by atoms with van der Waals surface area (Å²) in [7, 11) is 0. The molecule has 70 valence electrons. The van der Waals surface area contributed by atoms with Gasteiger partial charge in [-0.2, -0.15) is 0 Å². The molecule has 0 aliphatic heterocycles. The van der Waals surface area contributed by atoms with Crippen molar-refractivity contribution in [3.63, 3.8) is 0 Å². The van der Waals surface area contributed by atoms with Gasteiger partial charge in [0.05, 0.1) is 6.61 Å². The van der Waals surface area contributed by atoms with Gasteiger partial charge in [-0.15, -0.1) is 0 Å². The van der Waals surface area contributed by atoms with Crippen molar-refractivity contribution in [2.45, 2.75) is 13.8 Å². The predicted octanol–water partition coefficient (Wildman–Crippen LogP) is 1.49. The fourth-order valence-corrected chi connectivity index (χ4v) is 1.19. The zero-order valence-electron chi connectivity index (χ0n) is 7.83. The molecule has 1 aromatic carbocycles. The van der Waals surface area contributed by atoms with Crippen molar-refractivity contribution in [1.29, 1.82) is 0 Å². The summed E-state index contributed by atoms with van der Waals surface area (Å²) in [5.41, 5.74) is 6.51. The lowest BCUT2D eigenvalue weighted by Crippen LogP contribution is -2.13. The third-order valence-electron chi connectivity index (χ3n) is 1.85. The van der Waals surface area contributed by atoms with Gasteiger partial charge in [-0.3, -0.25) is 4.79 Å². The highest BCUT2D eigenvalue weighted by molar-refractivity contribution is 5.94. The van der Waals surface area contributed by atoms with Gasteiger partial charge in [0.2, 0.25) is 5.91 Å². The van der Waals surface area contributed by atoms with Crippen molar-refractivity contribution >= 4 is 5.91 Å². The van der Waals surface area contributed by atoms with E-state index < -0.39 is 5.91 Å². The number of carbonyl (C=O) groups is 1. The molecule has 0 aliphatic carbocycles. The van der Waals surface area contributed by atoms with Crippen molar-refractivity contribution in [2.24, 2.45) is 5.73 Å². The summed E-state index contributed by atoms with van der Waals surface area (Å²) in [4.78, 5) is 10.9. The summed E-state index contributed by atoms with van der Waals surface area (Å²) in [6, 6.07) is 5.28. The molecule has 0 saturated heterocycles. The molecule has 3 heteroatoms. The van der Waals surface area contributed by atoms with Crippen molar-refractivity contribution in [2.75, 3.05) is 6.61 Å². The van der Waals surface area contributed by atoms with Crippen LogP contribution in [0.5, 0.6) is 5.75 Å². The average molecular weight is 179 g/mol. The van der Waals surface area contributed by atoms with Gasteiger partial charge in [0.1, 0.15) is 5.75 Å². The van der Waals surface area contributed by atoms with Crippen LogP contribution in [0.25, 0.3) is 0 Å². The van der Waals surface area contributed by atoms with Crippen LogP contribution in [-0.2, 0) is 0 Å². The van der Waals surface area contributed by atoms with E-state index in [9.17, 15) is 4.79 Å². The summed E-state index contributed by atoms with van der Waals surface area (Å²) in [6.07, 6.45) is 0. The van der Waals surface area contributed by atoms with Crippen LogP contribution in [0.1, 0.15) is 22.8 Å². The molecular weight excluding hydrogens is 166 g/mol. The second kappa shape index (κ2) is 3.94. The number of carbonyl (C=O) groups excluding carboxylic acids is 1. The largest absolute Gasteiger partial charge is 0.494 e. The van der Waals surface area contributed by atoms with E-state index in [1.807, 2.05) is 19.9 Å². The second-order valence-electron chi connectivity index (χ2n) is 2.73. The number of benzene rings is 1. The Morgan fingerprint density at radius 1 is 1.54 bits per heavy atom. The Labute approximate surface area is 77.5 Å². The van der Waals surface area contributed by atoms with Crippen LogP contribution in [0.2, 0.25) is 0 Å². The number of primary amides is 1. The molecule has 0 unspecified atom stereocenters. The fraction of sp³-hybridized carbons (Fsp3) is 0.300. The number of nitrogens with two attached hydrogens (primary N) is 1. The molecule has 1 rings (SSSR count). The van der Waals surface area contributed by atoms with Crippen molar-refractivity contribution < 1.29 is 9.53 Å². The van der Waals surface area contributed by atoms with Gasteiger partial charge in [-0.05, 0) is 26.0 Å². The third kappa shape index (κ3) is 1.99. The van der Waals surface area contributed by atoms with Gasteiger partial charge in [0.15, 0.2) is 0 Å². The predicted molar refractivity (Wildman–Crippen MR) is 50.9 cm³/mol. The van der Waals surface area contributed by atoms with E-state index >= 15 is 0 Å². The number of hydrogen-bond acceptors (Lipinski definition) is 2. The Balaban J connectivity index is 3.10. The molecule has 0 fully saturated rings. The van der Waals surface area contributed by atoms with Gasteiger partial charge in [0, 0.05) is 11.1 Å². The van der Waals surface area contributed by atoms with E-state index in [0.29, 0.717) is 12.2 Å². The molecule has 1 amide bonds. The van der Waals surface area contributed by atoms with Crippen LogP contribution in [0, 0.1) is 6.92 Å². The van der Waals surface area contributed by atoms with Crippen molar-refractivity contribution in [1.82, 2.24) is 0 Å². The zero-order valence-corrected chi connectivity index (χ0v) is 7.83. The van der Waals surface area contributed by atoms with Crippen LogP contribution < -0.4 is 10.5 Å². The Morgan fingerprint density at radius 2 is 2.23 bits per heavy atom. The van der Waals surface area contributed by atoms with Gasteiger partial charge >= 0.3 is 0 Å². The Morgan fingerprint density at radius 3 is 2.77 bits per heavy atom. The molecule has 0 heterocycles. The molecule has 0 aromatic heterocycles. The minimum atomic E-state index is -0.418. The number of rotatable bonds is 3. The summed E-state index contributed by atoms with van der Waals surface area (Å²) in [5, 5.41) is 0. The molecule has 3 nitrogen and oxygen atoms in total. The van der Waals surface area contributed by atoms with Crippen LogP contribution in [0.3, 0.4) is 0 Å². The molecular formula is C10H13NO2. The fourth-order valence-electron chi connectivity index (χ4n) is 1.19. The summed E-state index contributed by atoms with van der Waals surface area (Å²) < 4.78 is 5.32. The SMILES string of the molecule is CCOc1cccc(C(N)=O)c1C. The maximum atomic E-state index is 10.9. The lowest BCUT2D eigenvalue weighted by Gasteiger charge is -2.08. The molecule has 0 spiro atoms. The summed E-state index contributed by atoms with van der Waals surface area (Å²) in [5.74, 6) is 0.304. The minimum Gasteiger partial charge on any atom is -0.494 e. The number of hydrogen-bond donors (Lipinski definition) is 1. The Hall–Kier alpha value is -1.51. The van der Waals surface area contributed by atoms with Crippen molar-refractivity contribution in [3.8, 4) is 5.75 Å². The van der Waals surface area contributed by atoms with Crippen LogP contribution in [-0.4, -0.2) is 12.5 Å². The van der Waals surface area contributed by atoms with Gasteiger partial charge < -0.3 is 10.5 Å². The molecule has 0 atom stereocenters. The quantitative estimate of drug-likeness (QED) is 0.764. The molecule has 0 saturated carbocycles. The van der Waals surface area contributed by atoms with Crippen LogP contribution in [0.4, 0.5) is 0 Å². The van der Waals surface area contributed by atoms with E-state index in [1.165, 1.54) is 0 Å². The van der Waals surface area contributed by atoms with Gasteiger partial charge in [-0.25, -0.2) is 0 Å². The summed E-state index contributed by atoms with van der Waals surface area (Å²) >= 11 is 0. The lowest BCUT2D eigenvalue weighted by molar-refractivity contribution is 0.0999. The maximum absolute atomic E-state index is 10.9. The van der Waals surface area contributed by atoms with E-state index in [2.05, 4.69) is 0 Å². The highest BCUT2D eigenvalue weighted by atomic mass is 16.5. The molecule has 1 aromatic rings. The molecule has 0 bridgehead atoms. The van der Waals surface area contributed by atoms with Crippen LogP contribution in [0.15, 0.2) is 18.2 Å². The topological polar surface area (TPSA) is 52.3 Å². The van der Waals surface area contributed by atoms with E-state index in [0.717, 1.165) is 11.3 Å². The molecule has 2 N–H and O–H groups in total. The first-order valence-corrected chi connectivity index (χ1v) is 4.19. The van der Waals surface area contributed by atoms with Crippen molar-refractivity contribution in [3.05, 3.63) is 29.3 Å². The standard InChI is InChI=1S/C10H13NO2/c1-3-13-9-6-4-5-8(7(9)2)10(11)12/h4-6H,3H2,1-2H3,(H2,11,12). The van der Waals surface area contributed by atoms with Gasteiger partial charge in [0.25, 0.3) is 0 Å². The first kappa shape index (κ1) is 9.58. The molecule has 0 aliphatic rings. The highest BCUT2D eigenvalue weighted by Crippen LogP contribution is 2.20. The van der Waals surface area contributed by atoms with E-state index in [1.54, 1.807) is 12.1 Å². The maximum Gasteiger partial charge on any atom is 0.249 e.